The SMILES string of the molecule is O=C(O)CCn1ccc(C(=O)Nc2cnn(Cc3ccccc3F)c2)n1. The number of anilines is 1. The molecule has 0 aliphatic rings. The molecular formula is C17H16FN5O3. The Morgan fingerprint density at radius 3 is 2.77 bits per heavy atom. The Kier molecular flexibility index (Phi) is 5.07. The summed E-state index contributed by atoms with van der Waals surface area (Å²) < 4.78 is 16.6. The van der Waals surface area contributed by atoms with Crippen LogP contribution in [0.4, 0.5) is 10.1 Å². The number of carbonyl (C=O) groups excluding carboxylic acids is 1. The molecule has 8 nitrogen and oxygen atoms in total. The van der Waals surface area contributed by atoms with Crippen LogP contribution in [0.15, 0.2) is 48.9 Å². The predicted molar refractivity (Wildman–Crippen MR) is 90.2 cm³/mol. The fourth-order valence-electron chi connectivity index (χ4n) is 2.33. The van der Waals surface area contributed by atoms with Gasteiger partial charge >= 0.3 is 5.97 Å². The lowest BCUT2D eigenvalue weighted by Crippen LogP contribution is -2.13. The average Bonchev–Trinajstić information content (AvgIpc) is 3.24. The van der Waals surface area contributed by atoms with Gasteiger partial charge in [0.2, 0.25) is 0 Å². The molecule has 3 aromatic rings. The van der Waals surface area contributed by atoms with E-state index in [9.17, 15) is 14.0 Å². The van der Waals surface area contributed by atoms with Crippen molar-refractivity contribution in [2.24, 2.45) is 0 Å². The van der Waals surface area contributed by atoms with E-state index in [-0.39, 0.29) is 31.0 Å². The monoisotopic (exact) mass is 357 g/mol. The quantitative estimate of drug-likeness (QED) is 0.673. The standard InChI is InChI=1S/C17H16FN5O3/c18-14-4-2-1-3-12(14)10-23-11-13(9-19-23)20-17(26)15-5-7-22(21-15)8-6-16(24)25/h1-5,7,9,11H,6,8,10H2,(H,20,26)(H,24,25). The van der Waals surface area contributed by atoms with Gasteiger partial charge in [-0.2, -0.15) is 10.2 Å². The van der Waals surface area contributed by atoms with E-state index in [1.807, 2.05) is 0 Å². The lowest BCUT2D eigenvalue weighted by molar-refractivity contribution is -0.137. The molecule has 1 amide bonds. The number of carboxylic acid groups (broad SMARTS) is 1. The molecule has 9 heteroatoms. The topological polar surface area (TPSA) is 102 Å². The summed E-state index contributed by atoms with van der Waals surface area (Å²) in [4.78, 5) is 22.7. The molecule has 0 aliphatic carbocycles. The van der Waals surface area contributed by atoms with Crippen molar-refractivity contribution in [1.82, 2.24) is 19.6 Å². The number of amides is 1. The molecule has 134 valence electrons. The Morgan fingerprint density at radius 1 is 1.19 bits per heavy atom. The molecule has 26 heavy (non-hydrogen) atoms. The first kappa shape index (κ1) is 17.3. The summed E-state index contributed by atoms with van der Waals surface area (Å²) in [5.41, 5.74) is 1.11. The minimum Gasteiger partial charge on any atom is -0.481 e. The van der Waals surface area contributed by atoms with E-state index in [1.54, 1.807) is 30.6 Å². The van der Waals surface area contributed by atoms with Crippen molar-refractivity contribution < 1.29 is 19.1 Å². The molecule has 0 radical (unpaired) electrons. The normalized spacial score (nSPS) is 10.7. The molecule has 0 saturated heterocycles. The number of aryl methyl sites for hydroxylation is 1. The molecule has 0 bridgehead atoms. The highest BCUT2D eigenvalue weighted by atomic mass is 19.1. The van der Waals surface area contributed by atoms with Gasteiger partial charge in [0, 0.05) is 18.0 Å². The Labute approximate surface area is 147 Å². The van der Waals surface area contributed by atoms with E-state index in [0.717, 1.165) is 0 Å². The molecule has 0 fully saturated rings. The van der Waals surface area contributed by atoms with Crippen molar-refractivity contribution in [3.63, 3.8) is 0 Å². The molecule has 2 aromatic heterocycles. The third-order valence-electron chi connectivity index (χ3n) is 3.61. The van der Waals surface area contributed by atoms with Crippen LogP contribution in [0.2, 0.25) is 0 Å². The van der Waals surface area contributed by atoms with Crippen LogP contribution >= 0.6 is 0 Å². The van der Waals surface area contributed by atoms with Crippen LogP contribution in [0.5, 0.6) is 0 Å². The Bertz CT molecular complexity index is 934. The van der Waals surface area contributed by atoms with E-state index in [0.29, 0.717) is 11.3 Å². The van der Waals surface area contributed by atoms with Gasteiger partial charge < -0.3 is 10.4 Å². The van der Waals surface area contributed by atoms with Gasteiger partial charge in [0.25, 0.3) is 5.91 Å². The Hall–Kier alpha value is -3.49. The maximum Gasteiger partial charge on any atom is 0.305 e. The van der Waals surface area contributed by atoms with Gasteiger partial charge in [-0.05, 0) is 12.1 Å². The van der Waals surface area contributed by atoms with Gasteiger partial charge in [-0.3, -0.25) is 19.0 Å². The van der Waals surface area contributed by atoms with Crippen molar-refractivity contribution in [3.05, 3.63) is 66.0 Å². The van der Waals surface area contributed by atoms with Crippen LogP contribution in [0.3, 0.4) is 0 Å². The number of carbonyl (C=O) groups is 2. The van der Waals surface area contributed by atoms with Gasteiger partial charge in [0.15, 0.2) is 5.69 Å². The number of hydrogen-bond donors (Lipinski definition) is 2. The molecule has 3 rings (SSSR count). The maximum atomic E-state index is 13.7. The van der Waals surface area contributed by atoms with Crippen molar-refractivity contribution in [2.75, 3.05) is 5.32 Å². The minimum absolute atomic E-state index is 0.0778. The summed E-state index contributed by atoms with van der Waals surface area (Å²) in [6.07, 6.45) is 4.51. The summed E-state index contributed by atoms with van der Waals surface area (Å²) in [6, 6.07) is 7.90. The number of nitrogens with one attached hydrogen (secondary N) is 1. The summed E-state index contributed by atoms with van der Waals surface area (Å²) in [7, 11) is 0. The second kappa shape index (κ2) is 7.60. The van der Waals surface area contributed by atoms with Crippen LogP contribution in [0.1, 0.15) is 22.5 Å². The lowest BCUT2D eigenvalue weighted by Gasteiger charge is -2.03. The highest BCUT2D eigenvalue weighted by molar-refractivity contribution is 6.02. The van der Waals surface area contributed by atoms with Crippen LogP contribution in [0.25, 0.3) is 0 Å². The molecule has 2 heterocycles. The number of hydrogen-bond acceptors (Lipinski definition) is 4. The minimum atomic E-state index is -0.936. The number of aromatic nitrogens is 4. The number of benzene rings is 1. The fraction of sp³-hybridized carbons (Fsp3) is 0.176. The highest BCUT2D eigenvalue weighted by Crippen LogP contribution is 2.12. The molecular weight excluding hydrogens is 341 g/mol. The summed E-state index contributed by atoms with van der Waals surface area (Å²) in [6.45, 7) is 0.426. The second-order valence-corrected chi connectivity index (χ2v) is 5.58. The number of carboxylic acids is 1. The Morgan fingerprint density at radius 2 is 2.00 bits per heavy atom. The third-order valence-corrected chi connectivity index (χ3v) is 3.61. The van der Waals surface area contributed by atoms with Crippen LogP contribution in [0, 0.1) is 5.82 Å². The smallest absolute Gasteiger partial charge is 0.305 e. The summed E-state index contributed by atoms with van der Waals surface area (Å²) >= 11 is 0. The first-order valence-corrected chi connectivity index (χ1v) is 7.84. The summed E-state index contributed by atoms with van der Waals surface area (Å²) in [5.74, 6) is -1.70. The first-order chi connectivity index (χ1) is 12.5. The lowest BCUT2D eigenvalue weighted by atomic mass is 10.2. The summed E-state index contributed by atoms with van der Waals surface area (Å²) in [5, 5.41) is 19.4. The largest absolute Gasteiger partial charge is 0.481 e. The Balaban J connectivity index is 1.61. The van der Waals surface area contributed by atoms with Crippen molar-refractivity contribution in [1.29, 1.82) is 0 Å². The van der Waals surface area contributed by atoms with E-state index < -0.39 is 11.9 Å². The molecule has 2 N–H and O–H groups in total. The number of nitrogens with zero attached hydrogens (tertiary/aromatic N) is 4. The molecule has 0 aliphatic heterocycles. The van der Waals surface area contributed by atoms with Crippen LogP contribution in [-0.2, 0) is 17.9 Å². The zero-order valence-electron chi connectivity index (χ0n) is 13.7. The highest BCUT2D eigenvalue weighted by Gasteiger charge is 2.12. The van der Waals surface area contributed by atoms with Gasteiger partial charge in [0.1, 0.15) is 5.82 Å². The predicted octanol–water partition coefficient (Wildman–Crippen LogP) is 1.99. The van der Waals surface area contributed by atoms with Crippen LogP contribution in [-0.4, -0.2) is 36.5 Å². The van der Waals surface area contributed by atoms with Crippen molar-refractivity contribution in [3.8, 4) is 0 Å². The van der Waals surface area contributed by atoms with Gasteiger partial charge in [-0.1, -0.05) is 18.2 Å². The number of rotatable bonds is 7. The van der Waals surface area contributed by atoms with Crippen molar-refractivity contribution >= 4 is 17.6 Å². The van der Waals surface area contributed by atoms with Gasteiger partial charge in [-0.25, -0.2) is 4.39 Å². The third kappa shape index (κ3) is 4.32. The molecule has 1 aromatic carbocycles. The molecule has 0 atom stereocenters. The maximum absolute atomic E-state index is 13.7. The number of aliphatic carboxylic acids is 1. The second-order valence-electron chi connectivity index (χ2n) is 5.58. The van der Waals surface area contributed by atoms with Crippen LogP contribution < -0.4 is 5.32 Å². The first-order valence-electron chi connectivity index (χ1n) is 7.84. The average molecular weight is 357 g/mol. The van der Waals surface area contributed by atoms with E-state index in [1.165, 1.54) is 27.7 Å². The zero-order valence-corrected chi connectivity index (χ0v) is 13.7. The zero-order chi connectivity index (χ0) is 18.5. The molecule has 0 unspecified atom stereocenters. The molecule has 0 saturated carbocycles. The van der Waals surface area contributed by atoms with E-state index in [4.69, 9.17) is 5.11 Å². The molecule has 0 spiro atoms. The fourth-order valence-corrected chi connectivity index (χ4v) is 2.33. The van der Waals surface area contributed by atoms with Gasteiger partial charge in [-0.15, -0.1) is 0 Å². The number of halogens is 1. The van der Waals surface area contributed by atoms with E-state index in [2.05, 4.69) is 15.5 Å². The van der Waals surface area contributed by atoms with Crippen molar-refractivity contribution in [2.45, 2.75) is 19.5 Å². The van der Waals surface area contributed by atoms with Gasteiger partial charge in [0.05, 0.1) is 31.4 Å². The van der Waals surface area contributed by atoms with E-state index >= 15 is 0 Å².